The summed E-state index contributed by atoms with van der Waals surface area (Å²) in [7, 11) is 0. The Bertz CT molecular complexity index is 360. The molecule has 3 nitrogen and oxygen atoms in total. The number of aromatic nitrogens is 1. The molecule has 0 aromatic carbocycles. The highest BCUT2D eigenvalue weighted by molar-refractivity contribution is 9.10. The summed E-state index contributed by atoms with van der Waals surface area (Å²) >= 11 is 3.32. The highest BCUT2D eigenvalue weighted by Crippen LogP contribution is 2.18. The van der Waals surface area contributed by atoms with Crippen molar-refractivity contribution in [3.63, 3.8) is 0 Å². The summed E-state index contributed by atoms with van der Waals surface area (Å²) in [5.74, 6) is 0.253. The molecule has 0 atom stereocenters. The largest absolute Gasteiger partial charge is 0.314 e. The molecule has 1 aliphatic carbocycles. The molecule has 86 valence electrons. The van der Waals surface area contributed by atoms with Gasteiger partial charge < -0.3 is 5.32 Å². The molecule has 0 amide bonds. The number of rotatable bonds is 6. The molecule has 0 spiro atoms. The van der Waals surface area contributed by atoms with E-state index in [0.29, 0.717) is 18.9 Å². The fourth-order valence-electron chi connectivity index (χ4n) is 1.50. The van der Waals surface area contributed by atoms with Crippen LogP contribution in [0.4, 0.5) is 0 Å². The number of carbonyl (C=O) groups excluding carboxylic acids is 1. The molecule has 0 unspecified atom stereocenters. The quantitative estimate of drug-likeness (QED) is 0.869. The van der Waals surface area contributed by atoms with Crippen LogP contribution in [0.1, 0.15) is 25.0 Å². The summed E-state index contributed by atoms with van der Waals surface area (Å²) in [4.78, 5) is 15.8. The van der Waals surface area contributed by atoms with Gasteiger partial charge in [-0.3, -0.25) is 9.78 Å². The lowest BCUT2D eigenvalue weighted by Gasteiger charge is -2.02. The monoisotopic (exact) mass is 282 g/mol. The average molecular weight is 283 g/mol. The first-order valence-electron chi connectivity index (χ1n) is 5.59. The number of carbonyl (C=O) groups is 1. The summed E-state index contributed by atoms with van der Waals surface area (Å²) in [5.41, 5.74) is 0.847. The fourth-order valence-corrected chi connectivity index (χ4v) is 1.74. The van der Waals surface area contributed by atoms with E-state index in [2.05, 4.69) is 26.2 Å². The van der Waals surface area contributed by atoms with Crippen molar-refractivity contribution in [1.29, 1.82) is 0 Å². The lowest BCUT2D eigenvalue weighted by molar-refractivity contribution is -0.118. The van der Waals surface area contributed by atoms with Gasteiger partial charge in [-0.25, -0.2) is 0 Å². The third kappa shape index (κ3) is 4.02. The zero-order valence-corrected chi connectivity index (χ0v) is 10.7. The molecule has 0 saturated heterocycles. The molecular weight excluding hydrogens is 268 g/mol. The fraction of sp³-hybridized carbons (Fsp3) is 0.500. The van der Waals surface area contributed by atoms with Crippen LogP contribution in [0, 0.1) is 0 Å². The molecule has 1 N–H and O–H groups in total. The molecule has 1 fully saturated rings. The highest BCUT2D eigenvalue weighted by atomic mass is 79.9. The molecular formula is C12H15BrN2O. The lowest BCUT2D eigenvalue weighted by atomic mass is 10.1. The summed E-state index contributed by atoms with van der Waals surface area (Å²) in [5, 5.41) is 3.33. The molecule has 0 radical (unpaired) electrons. The second-order valence-electron chi connectivity index (χ2n) is 4.16. The molecule has 16 heavy (non-hydrogen) atoms. The SMILES string of the molecule is O=C(CCNC1CC1)Cc1ccc(Br)cn1. The van der Waals surface area contributed by atoms with Crippen LogP contribution in [0.5, 0.6) is 0 Å². The van der Waals surface area contributed by atoms with E-state index in [1.807, 2.05) is 12.1 Å². The van der Waals surface area contributed by atoms with Crippen molar-refractivity contribution >= 4 is 21.7 Å². The van der Waals surface area contributed by atoms with E-state index in [4.69, 9.17) is 0 Å². The summed E-state index contributed by atoms with van der Waals surface area (Å²) in [6, 6.07) is 4.48. The molecule has 2 rings (SSSR count). The van der Waals surface area contributed by atoms with Gasteiger partial charge in [-0.1, -0.05) is 0 Å². The van der Waals surface area contributed by atoms with Crippen molar-refractivity contribution in [3.8, 4) is 0 Å². The molecule has 1 saturated carbocycles. The second-order valence-corrected chi connectivity index (χ2v) is 5.08. The van der Waals surface area contributed by atoms with Crippen molar-refractivity contribution in [2.24, 2.45) is 0 Å². The van der Waals surface area contributed by atoms with Gasteiger partial charge >= 0.3 is 0 Å². The Balaban J connectivity index is 1.70. The van der Waals surface area contributed by atoms with Gasteiger partial charge in [0.1, 0.15) is 5.78 Å². The van der Waals surface area contributed by atoms with Crippen LogP contribution in [0.15, 0.2) is 22.8 Å². The Labute approximate surface area is 104 Å². The predicted octanol–water partition coefficient (Wildman–Crippen LogP) is 2.10. The number of hydrogen-bond donors (Lipinski definition) is 1. The van der Waals surface area contributed by atoms with E-state index >= 15 is 0 Å². The molecule has 1 heterocycles. The average Bonchev–Trinajstić information content (AvgIpc) is 3.05. The minimum Gasteiger partial charge on any atom is -0.314 e. The maximum Gasteiger partial charge on any atom is 0.140 e. The highest BCUT2D eigenvalue weighted by Gasteiger charge is 2.20. The number of nitrogens with zero attached hydrogens (tertiary/aromatic N) is 1. The van der Waals surface area contributed by atoms with Crippen molar-refractivity contribution in [2.45, 2.75) is 31.7 Å². The first-order chi connectivity index (χ1) is 7.74. The number of hydrogen-bond acceptors (Lipinski definition) is 3. The number of Topliss-reactive ketones (excluding diaryl/α,β-unsaturated/α-hetero) is 1. The van der Waals surface area contributed by atoms with Crippen LogP contribution >= 0.6 is 15.9 Å². The number of pyridine rings is 1. The van der Waals surface area contributed by atoms with Gasteiger partial charge in [0.15, 0.2) is 0 Å². The minimum absolute atomic E-state index is 0.253. The van der Waals surface area contributed by atoms with Gasteiger partial charge in [-0.05, 0) is 40.9 Å². The van der Waals surface area contributed by atoms with Crippen LogP contribution in [0.25, 0.3) is 0 Å². The van der Waals surface area contributed by atoms with Gasteiger partial charge in [0.2, 0.25) is 0 Å². The molecule has 0 bridgehead atoms. The Morgan fingerprint density at radius 1 is 1.50 bits per heavy atom. The van der Waals surface area contributed by atoms with E-state index in [1.54, 1.807) is 6.20 Å². The Kier molecular flexibility index (Phi) is 4.07. The maximum atomic E-state index is 11.6. The first kappa shape index (κ1) is 11.7. The molecule has 0 aliphatic heterocycles. The standard InChI is InChI=1S/C12H15BrN2O/c13-9-1-2-11(15-8-9)7-12(16)5-6-14-10-3-4-10/h1-2,8,10,14H,3-7H2. The number of halogens is 1. The van der Waals surface area contributed by atoms with E-state index < -0.39 is 0 Å². The van der Waals surface area contributed by atoms with Gasteiger partial charge in [0.25, 0.3) is 0 Å². The number of nitrogens with one attached hydrogen (secondary N) is 1. The molecule has 4 heteroatoms. The van der Waals surface area contributed by atoms with Crippen molar-refractivity contribution in [1.82, 2.24) is 10.3 Å². The van der Waals surface area contributed by atoms with Gasteiger partial charge in [-0.2, -0.15) is 0 Å². The van der Waals surface area contributed by atoms with Crippen LogP contribution in [-0.4, -0.2) is 23.4 Å². The van der Waals surface area contributed by atoms with Gasteiger partial charge in [-0.15, -0.1) is 0 Å². The van der Waals surface area contributed by atoms with E-state index in [-0.39, 0.29) is 5.78 Å². The Morgan fingerprint density at radius 2 is 2.31 bits per heavy atom. The van der Waals surface area contributed by atoms with Gasteiger partial charge in [0, 0.05) is 41.8 Å². The first-order valence-corrected chi connectivity index (χ1v) is 6.39. The summed E-state index contributed by atoms with van der Waals surface area (Å²) in [6.07, 6.45) is 5.31. The third-order valence-electron chi connectivity index (χ3n) is 2.58. The number of ketones is 1. The second kappa shape index (κ2) is 5.55. The normalized spacial score (nSPS) is 15.1. The topological polar surface area (TPSA) is 42.0 Å². The van der Waals surface area contributed by atoms with Crippen LogP contribution < -0.4 is 5.32 Å². The van der Waals surface area contributed by atoms with Crippen molar-refractivity contribution in [2.75, 3.05) is 6.54 Å². The van der Waals surface area contributed by atoms with Crippen molar-refractivity contribution in [3.05, 3.63) is 28.5 Å². The molecule has 1 aliphatic rings. The zero-order chi connectivity index (χ0) is 11.4. The molecule has 1 aromatic heterocycles. The smallest absolute Gasteiger partial charge is 0.140 e. The molecule has 1 aromatic rings. The lowest BCUT2D eigenvalue weighted by Crippen LogP contribution is -2.21. The zero-order valence-electron chi connectivity index (χ0n) is 9.08. The Morgan fingerprint density at radius 3 is 2.94 bits per heavy atom. The van der Waals surface area contributed by atoms with E-state index in [9.17, 15) is 4.79 Å². The minimum atomic E-state index is 0.253. The van der Waals surface area contributed by atoms with Crippen LogP contribution in [-0.2, 0) is 11.2 Å². The van der Waals surface area contributed by atoms with Crippen LogP contribution in [0.2, 0.25) is 0 Å². The Hall–Kier alpha value is -0.740. The van der Waals surface area contributed by atoms with Crippen LogP contribution in [0.3, 0.4) is 0 Å². The maximum absolute atomic E-state index is 11.6. The van der Waals surface area contributed by atoms with E-state index in [0.717, 1.165) is 16.7 Å². The predicted molar refractivity (Wildman–Crippen MR) is 66.3 cm³/mol. The summed E-state index contributed by atoms with van der Waals surface area (Å²) in [6.45, 7) is 0.806. The summed E-state index contributed by atoms with van der Waals surface area (Å²) < 4.78 is 0.944. The van der Waals surface area contributed by atoms with Gasteiger partial charge in [0.05, 0.1) is 0 Å². The third-order valence-corrected chi connectivity index (χ3v) is 3.05. The van der Waals surface area contributed by atoms with E-state index in [1.165, 1.54) is 12.8 Å². The van der Waals surface area contributed by atoms with Crippen molar-refractivity contribution < 1.29 is 4.79 Å².